The lowest BCUT2D eigenvalue weighted by molar-refractivity contribution is 0.425. The minimum Gasteiger partial charge on any atom is -0.294 e. The highest BCUT2D eigenvalue weighted by Gasteiger charge is 2.21. The van der Waals surface area contributed by atoms with Gasteiger partial charge in [-0.2, -0.15) is 5.10 Å². The van der Waals surface area contributed by atoms with Gasteiger partial charge in [0.25, 0.3) is 5.56 Å². The van der Waals surface area contributed by atoms with Crippen LogP contribution in [0.1, 0.15) is 36.2 Å². The van der Waals surface area contributed by atoms with E-state index in [9.17, 15) is 4.79 Å². The van der Waals surface area contributed by atoms with Crippen molar-refractivity contribution < 1.29 is 0 Å². The van der Waals surface area contributed by atoms with Crippen LogP contribution in [-0.2, 0) is 19.4 Å². The molecule has 4 rings (SSSR count). The van der Waals surface area contributed by atoms with Gasteiger partial charge in [-0.05, 0) is 38.2 Å². The molecule has 3 aromatic rings. The van der Waals surface area contributed by atoms with Gasteiger partial charge in [0.05, 0.1) is 24.3 Å². The van der Waals surface area contributed by atoms with Gasteiger partial charge in [0, 0.05) is 4.88 Å². The summed E-state index contributed by atoms with van der Waals surface area (Å²) in [5, 5.41) is 4.95. The molecule has 0 amide bonds. The van der Waals surface area contributed by atoms with Crippen molar-refractivity contribution in [3.63, 3.8) is 0 Å². The molecule has 0 aromatic carbocycles. The number of aromatic nitrogens is 5. The van der Waals surface area contributed by atoms with Crippen molar-refractivity contribution in [3.8, 4) is 0 Å². The standard InChI is InChI=1S/C15H17N5OS/c1-10(6-19-8-16-7-18-19)20-9-17-14-13(15(20)21)11-4-2-3-5-12(11)22-14/h7-10H,2-6H2,1H3/t10-/m1/s1. The van der Waals surface area contributed by atoms with E-state index in [-0.39, 0.29) is 11.6 Å². The topological polar surface area (TPSA) is 65.6 Å². The molecule has 22 heavy (non-hydrogen) atoms. The molecule has 3 aromatic heterocycles. The highest BCUT2D eigenvalue weighted by Crippen LogP contribution is 2.33. The van der Waals surface area contributed by atoms with E-state index in [1.54, 1.807) is 33.2 Å². The van der Waals surface area contributed by atoms with Crippen LogP contribution in [-0.4, -0.2) is 24.3 Å². The average Bonchev–Trinajstić information content (AvgIpc) is 3.14. The lowest BCUT2D eigenvalue weighted by Gasteiger charge is -2.15. The van der Waals surface area contributed by atoms with Crippen molar-refractivity contribution in [3.05, 3.63) is 39.8 Å². The van der Waals surface area contributed by atoms with Crippen molar-refractivity contribution in [2.45, 2.75) is 45.2 Å². The third kappa shape index (κ3) is 2.16. The molecule has 6 nitrogen and oxygen atoms in total. The zero-order valence-corrected chi connectivity index (χ0v) is 13.2. The Labute approximate surface area is 131 Å². The fourth-order valence-electron chi connectivity index (χ4n) is 3.16. The number of hydrogen-bond acceptors (Lipinski definition) is 5. The van der Waals surface area contributed by atoms with E-state index in [0.29, 0.717) is 6.54 Å². The Bertz CT molecular complexity index is 864. The summed E-state index contributed by atoms with van der Waals surface area (Å²) in [4.78, 5) is 23.6. The van der Waals surface area contributed by atoms with Gasteiger partial charge in [0.2, 0.25) is 0 Å². The van der Waals surface area contributed by atoms with Crippen LogP contribution in [0.25, 0.3) is 10.2 Å². The van der Waals surface area contributed by atoms with Crippen LogP contribution in [0.3, 0.4) is 0 Å². The van der Waals surface area contributed by atoms with Crippen molar-refractivity contribution in [2.75, 3.05) is 0 Å². The Balaban J connectivity index is 1.78. The molecule has 0 fully saturated rings. The van der Waals surface area contributed by atoms with E-state index in [0.717, 1.165) is 23.1 Å². The second kappa shape index (κ2) is 5.31. The number of aryl methyl sites for hydroxylation is 2. The molecule has 114 valence electrons. The Hall–Kier alpha value is -2.02. The van der Waals surface area contributed by atoms with Gasteiger partial charge in [-0.1, -0.05) is 0 Å². The highest BCUT2D eigenvalue weighted by atomic mass is 32.1. The predicted molar refractivity (Wildman–Crippen MR) is 85.3 cm³/mol. The quantitative estimate of drug-likeness (QED) is 0.743. The van der Waals surface area contributed by atoms with E-state index >= 15 is 0 Å². The summed E-state index contributed by atoms with van der Waals surface area (Å²) in [6.07, 6.45) is 9.33. The van der Waals surface area contributed by atoms with Crippen molar-refractivity contribution in [1.29, 1.82) is 0 Å². The maximum Gasteiger partial charge on any atom is 0.262 e. The molecular formula is C15H17N5OS. The third-order valence-electron chi connectivity index (χ3n) is 4.29. The second-order valence-electron chi connectivity index (χ2n) is 5.81. The third-order valence-corrected chi connectivity index (χ3v) is 5.49. The van der Waals surface area contributed by atoms with Crippen LogP contribution in [0.5, 0.6) is 0 Å². The van der Waals surface area contributed by atoms with Gasteiger partial charge in [-0.15, -0.1) is 11.3 Å². The van der Waals surface area contributed by atoms with Crippen LogP contribution >= 0.6 is 11.3 Å². The minimum absolute atomic E-state index is 0.00904. The first-order valence-electron chi connectivity index (χ1n) is 7.58. The summed E-state index contributed by atoms with van der Waals surface area (Å²) in [7, 11) is 0. The Morgan fingerprint density at radius 2 is 2.18 bits per heavy atom. The average molecular weight is 315 g/mol. The summed E-state index contributed by atoms with van der Waals surface area (Å²) in [5.41, 5.74) is 1.32. The van der Waals surface area contributed by atoms with Crippen LogP contribution in [0.4, 0.5) is 0 Å². The Morgan fingerprint density at radius 3 is 3.00 bits per heavy atom. The molecule has 0 bridgehead atoms. The highest BCUT2D eigenvalue weighted by molar-refractivity contribution is 7.18. The van der Waals surface area contributed by atoms with Gasteiger partial charge in [0.1, 0.15) is 17.5 Å². The number of nitrogens with zero attached hydrogens (tertiary/aromatic N) is 5. The first-order valence-corrected chi connectivity index (χ1v) is 8.39. The van der Waals surface area contributed by atoms with Gasteiger partial charge >= 0.3 is 0 Å². The zero-order chi connectivity index (χ0) is 15.1. The summed E-state index contributed by atoms with van der Waals surface area (Å²) < 4.78 is 3.47. The molecule has 0 unspecified atom stereocenters. The fraction of sp³-hybridized carbons (Fsp3) is 0.467. The summed E-state index contributed by atoms with van der Waals surface area (Å²) in [6, 6.07) is -0.00904. The first kappa shape index (κ1) is 13.6. The second-order valence-corrected chi connectivity index (χ2v) is 6.90. The van der Waals surface area contributed by atoms with Gasteiger partial charge in [-0.25, -0.2) is 9.97 Å². The molecule has 0 saturated heterocycles. The van der Waals surface area contributed by atoms with Gasteiger partial charge in [-0.3, -0.25) is 14.0 Å². The predicted octanol–water partition coefficient (Wildman–Crippen LogP) is 2.19. The Morgan fingerprint density at radius 1 is 1.32 bits per heavy atom. The molecule has 1 aliphatic carbocycles. The van der Waals surface area contributed by atoms with E-state index in [2.05, 4.69) is 15.1 Å². The van der Waals surface area contributed by atoms with Crippen molar-refractivity contribution >= 4 is 21.6 Å². The lowest BCUT2D eigenvalue weighted by Crippen LogP contribution is -2.26. The fourth-order valence-corrected chi connectivity index (χ4v) is 4.38. The monoisotopic (exact) mass is 315 g/mol. The van der Waals surface area contributed by atoms with Crippen LogP contribution in [0.15, 0.2) is 23.8 Å². The zero-order valence-electron chi connectivity index (χ0n) is 12.4. The van der Waals surface area contributed by atoms with Crippen molar-refractivity contribution in [1.82, 2.24) is 24.3 Å². The van der Waals surface area contributed by atoms with E-state index in [1.165, 1.54) is 29.6 Å². The summed E-state index contributed by atoms with van der Waals surface area (Å²) in [6.45, 7) is 2.62. The number of rotatable bonds is 3. The van der Waals surface area contributed by atoms with Crippen LogP contribution < -0.4 is 5.56 Å². The molecule has 0 saturated carbocycles. The lowest BCUT2D eigenvalue weighted by atomic mass is 9.97. The molecule has 0 radical (unpaired) electrons. The van der Waals surface area contributed by atoms with E-state index in [1.807, 2.05) is 6.92 Å². The van der Waals surface area contributed by atoms with Crippen molar-refractivity contribution in [2.24, 2.45) is 0 Å². The molecule has 7 heteroatoms. The number of thiophene rings is 1. The van der Waals surface area contributed by atoms with Crippen LogP contribution in [0.2, 0.25) is 0 Å². The molecule has 1 atom stereocenters. The summed E-state index contributed by atoms with van der Waals surface area (Å²) in [5.74, 6) is 0. The SMILES string of the molecule is C[C@H](Cn1cncn1)n1cnc2sc3c(c2c1=O)CCCC3. The Kier molecular flexibility index (Phi) is 3.29. The number of hydrogen-bond donors (Lipinski definition) is 0. The maximum atomic E-state index is 12.9. The van der Waals surface area contributed by atoms with E-state index in [4.69, 9.17) is 0 Å². The molecule has 1 aliphatic rings. The van der Waals surface area contributed by atoms with Gasteiger partial charge in [0.15, 0.2) is 0 Å². The molecule has 0 aliphatic heterocycles. The molecular weight excluding hydrogens is 298 g/mol. The smallest absolute Gasteiger partial charge is 0.262 e. The largest absolute Gasteiger partial charge is 0.294 e. The first-order chi connectivity index (χ1) is 10.7. The molecule has 3 heterocycles. The maximum absolute atomic E-state index is 12.9. The summed E-state index contributed by atoms with van der Waals surface area (Å²) >= 11 is 1.69. The molecule has 0 N–H and O–H groups in total. The molecule has 0 spiro atoms. The van der Waals surface area contributed by atoms with Crippen LogP contribution in [0, 0.1) is 0 Å². The van der Waals surface area contributed by atoms with E-state index < -0.39 is 0 Å². The number of fused-ring (bicyclic) bond motifs is 3. The van der Waals surface area contributed by atoms with Gasteiger partial charge < -0.3 is 0 Å². The minimum atomic E-state index is -0.00904. The normalized spacial score (nSPS) is 15.9.